The summed E-state index contributed by atoms with van der Waals surface area (Å²) >= 11 is 1.60. The Morgan fingerprint density at radius 3 is 3.00 bits per heavy atom. The molecule has 0 aromatic carbocycles. The van der Waals surface area contributed by atoms with Gasteiger partial charge in [-0.25, -0.2) is 0 Å². The van der Waals surface area contributed by atoms with Crippen molar-refractivity contribution in [2.24, 2.45) is 0 Å². The number of hydrogen-bond acceptors (Lipinski definition) is 8. The molecule has 0 unspecified atom stereocenters. The summed E-state index contributed by atoms with van der Waals surface area (Å²) in [5.74, 6) is 2.62. The molecule has 0 aliphatic carbocycles. The van der Waals surface area contributed by atoms with Crippen molar-refractivity contribution in [3.05, 3.63) is 35.1 Å². The predicted octanol–water partition coefficient (Wildman–Crippen LogP) is 3.22. The van der Waals surface area contributed by atoms with Gasteiger partial charge in [-0.1, -0.05) is 22.8 Å². The average Bonchev–Trinajstić information content (AvgIpc) is 3.28. The molecular weight excluding hydrogens is 314 g/mol. The fourth-order valence-electron chi connectivity index (χ4n) is 2.91. The summed E-state index contributed by atoms with van der Waals surface area (Å²) in [6.45, 7) is 3.40. The molecule has 0 N–H and O–H groups in total. The number of aryl methyl sites for hydroxylation is 1. The smallest absolute Gasteiger partial charge is 0.243 e. The van der Waals surface area contributed by atoms with Gasteiger partial charge in [-0.3, -0.25) is 4.90 Å². The van der Waals surface area contributed by atoms with Crippen LogP contribution in [0.25, 0.3) is 10.7 Å². The molecule has 1 aliphatic heterocycles. The summed E-state index contributed by atoms with van der Waals surface area (Å²) in [5.41, 5.74) is 0. The Labute approximate surface area is 137 Å². The van der Waals surface area contributed by atoms with Crippen molar-refractivity contribution in [1.29, 1.82) is 0 Å². The van der Waals surface area contributed by atoms with Gasteiger partial charge in [-0.2, -0.15) is 9.97 Å². The van der Waals surface area contributed by atoms with Crippen molar-refractivity contribution >= 4 is 11.3 Å². The molecular formula is C15H17N5O2S. The molecule has 1 aliphatic rings. The number of piperidine rings is 1. The molecule has 8 heteroatoms. The molecule has 23 heavy (non-hydrogen) atoms. The molecule has 1 atom stereocenters. The van der Waals surface area contributed by atoms with Gasteiger partial charge in [0.2, 0.25) is 17.6 Å². The maximum Gasteiger partial charge on any atom is 0.243 e. The Hall–Kier alpha value is -2.06. The van der Waals surface area contributed by atoms with E-state index in [1.807, 2.05) is 24.4 Å². The number of rotatable bonds is 4. The molecule has 1 saturated heterocycles. The first-order valence-electron chi connectivity index (χ1n) is 7.70. The van der Waals surface area contributed by atoms with Crippen molar-refractivity contribution in [3.63, 3.8) is 0 Å². The van der Waals surface area contributed by atoms with Gasteiger partial charge in [0.25, 0.3) is 0 Å². The van der Waals surface area contributed by atoms with Gasteiger partial charge in [-0.15, -0.1) is 11.3 Å². The van der Waals surface area contributed by atoms with E-state index in [4.69, 9.17) is 9.05 Å². The first-order chi connectivity index (χ1) is 11.3. The molecule has 120 valence electrons. The van der Waals surface area contributed by atoms with Crippen LogP contribution in [0.5, 0.6) is 0 Å². The number of hydrogen-bond donors (Lipinski definition) is 0. The molecule has 3 aromatic heterocycles. The maximum atomic E-state index is 5.42. The first-order valence-corrected chi connectivity index (χ1v) is 8.58. The van der Waals surface area contributed by atoms with Crippen molar-refractivity contribution in [3.8, 4) is 10.7 Å². The second kappa shape index (κ2) is 6.21. The zero-order valence-electron chi connectivity index (χ0n) is 12.8. The van der Waals surface area contributed by atoms with Crippen molar-refractivity contribution in [2.75, 3.05) is 6.54 Å². The lowest BCUT2D eigenvalue weighted by Gasteiger charge is -2.31. The minimum Gasteiger partial charge on any atom is -0.338 e. The lowest BCUT2D eigenvalue weighted by Crippen LogP contribution is -2.33. The number of nitrogens with zero attached hydrogens (tertiary/aromatic N) is 5. The van der Waals surface area contributed by atoms with E-state index in [9.17, 15) is 0 Å². The van der Waals surface area contributed by atoms with Crippen LogP contribution < -0.4 is 0 Å². The average molecular weight is 331 g/mol. The number of likely N-dealkylation sites (tertiary alicyclic amines) is 1. The van der Waals surface area contributed by atoms with Gasteiger partial charge in [0, 0.05) is 0 Å². The van der Waals surface area contributed by atoms with E-state index in [1.165, 1.54) is 0 Å². The van der Waals surface area contributed by atoms with Crippen LogP contribution in [0.4, 0.5) is 0 Å². The van der Waals surface area contributed by atoms with Crippen LogP contribution in [-0.2, 0) is 6.54 Å². The van der Waals surface area contributed by atoms with Crippen LogP contribution in [0, 0.1) is 6.92 Å². The van der Waals surface area contributed by atoms with Crippen LogP contribution in [-0.4, -0.2) is 31.7 Å². The Morgan fingerprint density at radius 2 is 2.22 bits per heavy atom. The van der Waals surface area contributed by atoms with Crippen LogP contribution >= 0.6 is 11.3 Å². The predicted molar refractivity (Wildman–Crippen MR) is 83.6 cm³/mol. The third-order valence-electron chi connectivity index (χ3n) is 3.99. The number of aromatic nitrogens is 4. The summed E-state index contributed by atoms with van der Waals surface area (Å²) in [5, 5.41) is 9.98. The minimum atomic E-state index is 0.127. The molecule has 0 spiro atoms. The highest BCUT2D eigenvalue weighted by molar-refractivity contribution is 7.13. The third-order valence-corrected chi connectivity index (χ3v) is 4.86. The van der Waals surface area contributed by atoms with E-state index < -0.39 is 0 Å². The minimum absolute atomic E-state index is 0.127. The van der Waals surface area contributed by atoms with E-state index in [1.54, 1.807) is 11.3 Å². The zero-order valence-corrected chi connectivity index (χ0v) is 13.6. The summed E-state index contributed by atoms with van der Waals surface area (Å²) in [7, 11) is 0. The van der Waals surface area contributed by atoms with Crippen LogP contribution in [0.1, 0.15) is 42.9 Å². The third kappa shape index (κ3) is 3.04. The molecule has 3 aromatic rings. The summed E-state index contributed by atoms with van der Waals surface area (Å²) < 4.78 is 10.8. The van der Waals surface area contributed by atoms with Crippen molar-refractivity contribution in [1.82, 2.24) is 25.2 Å². The summed E-state index contributed by atoms with van der Waals surface area (Å²) in [6, 6.07) is 4.10. The van der Waals surface area contributed by atoms with Gasteiger partial charge in [0.1, 0.15) is 0 Å². The van der Waals surface area contributed by atoms with Gasteiger partial charge < -0.3 is 9.05 Å². The monoisotopic (exact) mass is 331 g/mol. The van der Waals surface area contributed by atoms with Gasteiger partial charge in [-0.05, 0) is 37.8 Å². The highest BCUT2D eigenvalue weighted by Gasteiger charge is 2.29. The Morgan fingerprint density at radius 1 is 1.26 bits per heavy atom. The quantitative estimate of drug-likeness (QED) is 0.726. The second-order valence-corrected chi connectivity index (χ2v) is 6.60. The lowest BCUT2D eigenvalue weighted by atomic mass is 10.0. The summed E-state index contributed by atoms with van der Waals surface area (Å²) in [6.07, 6.45) is 3.32. The molecule has 4 rings (SSSR count). The first kappa shape index (κ1) is 14.5. The fraction of sp³-hybridized carbons (Fsp3) is 0.467. The van der Waals surface area contributed by atoms with Crippen molar-refractivity contribution in [2.45, 2.75) is 38.8 Å². The number of thiophene rings is 1. The molecule has 0 bridgehead atoms. The largest absolute Gasteiger partial charge is 0.338 e. The molecule has 4 heterocycles. The molecule has 0 radical (unpaired) electrons. The van der Waals surface area contributed by atoms with E-state index in [2.05, 4.69) is 25.2 Å². The standard InChI is InChI=1S/C15H17N5O2S/c1-10-16-15(22-18-10)11-5-2-3-7-20(11)9-13-17-14(19-21-13)12-6-4-8-23-12/h4,6,8,11H,2-3,5,7,9H2,1H3/t11-/m1/s1. The topological polar surface area (TPSA) is 81.1 Å². The van der Waals surface area contributed by atoms with Crippen molar-refractivity contribution < 1.29 is 9.05 Å². The highest BCUT2D eigenvalue weighted by Crippen LogP contribution is 2.31. The SMILES string of the molecule is Cc1noc([C@H]2CCCCN2Cc2nc(-c3cccs3)no2)n1. The summed E-state index contributed by atoms with van der Waals surface area (Å²) in [4.78, 5) is 12.2. The second-order valence-electron chi connectivity index (χ2n) is 5.65. The maximum absolute atomic E-state index is 5.42. The lowest BCUT2D eigenvalue weighted by molar-refractivity contribution is 0.0986. The van der Waals surface area contributed by atoms with E-state index in [0.717, 1.165) is 30.7 Å². The van der Waals surface area contributed by atoms with E-state index in [0.29, 0.717) is 30.0 Å². The van der Waals surface area contributed by atoms with Gasteiger partial charge >= 0.3 is 0 Å². The Balaban J connectivity index is 1.52. The van der Waals surface area contributed by atoms with Gasteiger partial charge in [0.15, 0.2) is 5.82 Å². The molecule has 7 nitrogen and oxygen atoms in total. The van der Waals surface area contributed by atoms with E-state index in [-0.39, 0.29) is 6.04 Å². The fourth-order valence-corrected chi connectivity index (χ4v) is 3.56. The Kier molecular flexibility index (Phi) is 3.92. The Bertz CT molecular complexity index is 767. The zero-order chi connectivity index (χ0) is 15.6. The molecule has 0 saturated carbocycles. The highest BCUT2D eigenvalue weighted by atomic mass is 32.1. The van der Waals surface area contributed by atoms with E-state index >= 15 is 0 Å². The van der Waals surface area contributed by atoms with Crippen LogP contribution in [0.2, 0.25) is 0 Å². The van der Waals surface area contributed by atoms with Crippen LogP contribution in [0.3, 0.4) is 0 Å². The molecule has 0 amide bonds. The molecule has 1 fully saturated rings. The normalized spacial score (nSPS) is 19.3. The van der Waals surface area contributed by atoms with Crippen LogP contribution in [0.15, 0.2) is 26.6 Å². The van der Waals surface area contributed by atoms with Gasteiger partial charge in [0.05, 0.1) is 17.5 Å².